The van der Waals surface area contributed by atoms with Crippen LogP contribution in [0.5, 0.6) is 0 Å². The van der Waals surface area contributed by atoms with Gasteiger partial charge < -0.3 is 10.1 Å². The molecule has 1 amide bonds. The molecule has 1 saturated heterocycles. The number of ether oxygens (including phenoxy) is 1. The van der Waals surface area contributed by atoms with E-state index < -0.39 is 0 Å². The number of carbonyl (C=O) groups is 1. The molecule has 134 valence electrons. The number of hydrogen-bond donors (Lipinski definition) is 1. The molecule has 1 aromatic rings. The van der Waals surface area contributed by atoms with Gasteiger partial charge in [-0.05, 0) is 30.4 Å². The fraction of sp³-hybridized carbons (Fsp3) is 0.632. The first kappa shape index (κ1) is 18.9. The Morgan fingerprint density at radius 3 is 2.67 bits per heavy atom. The zero-order valence-electron chi connectivity index (χ0n) is 14.8. The highest BCUT2D eigenvalue weighted by atomic mass is 19.1. The fourth-order valence-electron chi connectivity index (χ4n) is 3.12. The van der Waals surface area contributed by atoms with Gasteiger partial charge in [-0.25, -0.2) is 4.39 Å². The van der Waals surface area contributed by atoms with E-state index >= 15 is 0 Å². The van der Waals surface area contributed by atoms with E-state index in [4.69, 9.17) is 4.74 Å². The highest BCUT2D eigenvalue weighted by Crippen LogP contribution is 2.13. The van der Waals surface area contributed by atoms with Gasteiger partial charge in [0.25, 0.3) is 0 Å². The predicted octanol–water partition coefficient (Wildman–Crippen LogP) is 2.62. The Kier molecular flexibility index (Phi) is 7.66. The van der Waals surface area contributed by atoms with Gasteiger partial charge in [0, 0.05) is 32.1 Å². The number of halogens is 1. The number of rotatable bonds is 8. The van der Waals surface area contributed by atoms with Crippen LogP contribution in [0.25, 0.3) is 0 Å². The molecule has 1 aromatic carbocycles. The van der Waals surface area contributed by atoms with Crippen molar-refractivity contribution in [1.82, 2.24) is 10.2 Å². The second kappa shape index (κ2) is 9.74. The lowest BCUT2D eigenvalue weighted by molar-refractivity contribution is -0.121. The van der Waals surface area contributed by atoms with Gasteiger partial charge >= 0.3 is 0 Å². The maximum absolute atomic E-state index is 13.6. The summed E-state index contributed by atoms with van der Waals surface area (Å²) < 4.78 is 19.0. The van der Waals surface area contributed by atoms with Crippen molar-refractivity contribution in [3.05, 3.63) is 35.6 Å². The van der Waals surface area contributed by atoms with Gasteiger partial charge in [-0.2, -0.15) is 0 Å². The maximum Gasteiger partial charge on any atom is 0.220 e. The van der Waals surface area contributed by atoms with Crippen LogP contribution >= 0.6 is 0 Å². The SMILES string of the molecule is CC(C)CC(CNC(=O)CCc1ccccc1F)N1CCOCC1. The van der Waals surface area contributed by atoms with Gasteiger partial charge in [-0.15, -0.1) is 0 Å². The predicted molar refractivity (Wildman–Crippen MR) is 93.4 cm³/mol. The van der Waals surface area contributed by atoms with Crippen molar-refractivity contribution >= 4 is 5.91 Å². The summed E-state index contributed by atoms with van der Waals surface area (Å²) in [6.07, 6.45) is 1.80. The summed E-state index contributed by atoms with van der Waals surface area (Å²) in [5.74, 6) is 0.324. The van der Waals surface area contributed by atoms with E-state index in [1.54, 1.807) is 18.2 Å². The van der Waals surface area contributed by atoms with Crippen LogP contribution in [0.4, 0.5) is 4.39 Å². The minimum atomic E-state index is -0.240. The Hall–Kier alpha value is -1.46. The first-order chi connectivity index (χ1) is 11.6. The molecular weight excluding hydrogens is 307 g/mol. The van der Waals surface area contributed by atoms with Crippen molar-refractivity contribution in [2.45, 2.75) is 39.2 Å². The summed E-state index contributed by atoms with van der Waals surface area (Å²) in [7, 11) is 0. The van der Waals surface area contributed by atoms with E-state index in [2.05, 4.69) is 24.1 Å². The molecular formula is C19H29FN2O2. The van der Waals surface area contributed by atoms with Crippen LogP contribution in [0.1, 0.15) is 32.3 Å². The molecule has 24 heavy (non-hydrogen) atoms. The Morgan fingerprint density at radius 1 is 1.29 bits per heavy atom. The number of nitrogens with one attached hydrogen (secondary N) is 1. The van der Waals surface area contributed by atoms with Gasteiger partial charge in [-0.3, -0.25) is 9.69 Å². The van der Waals surface area contributed by atoms with Crippen molar-refractivity contribution in [2.75, 3.05) is 32.8 Å². The van der Waals surface area contributed by atoms with Crippen molar-refractivity contribution in [1.29, 1.82) is 0 Å². The molecule has 1 heterocycles. The van der Waals surface area contributed by atoms with Crippen molar-refractivity contribution in [3.8, 4) is 0 Å². The molecule has 1 unspecified atom stereocenters. The molecule has 1 aliphatic rings. The molecule has 4 nitrogen and oxygen atoms in total. The lowest BCUT2D eigenvalue weighted by Gasteiger charge is -2.35. The molecule has 2 rings (SSSR count). The average molecular weight is 336 g/mol. The Bertz CT molecular complexity index is 516. The standard InChI is InChI=1S/C19H29FN2O2/c1-15(2)13-17(22-9-11-24-12-10-22)14-21-19(23)8-7-16-5-3-4-6-18(16)20/h3-6,15,17H,7-14H2,1-2H3,(H,21,23). The molecule has 0 radical (unpaired) electrons. The monoisotopic (exact) mass is 336 g/mol. The summed E-state index contributed by atoms with van der Waals surface area (Å²) in [6.45, 7) is 8.41. The molecule has 1 aliphatic heterocycles. The molecule has 0 bridgehead atoms. The fourth-order valence-corrected chi connectivity index (χ4v) is 3.12. The third-order valence-corrected chi connectivity index (χ3v) is 4.42. The average Bonchev–Trinajstić information content (AvgIpc) is 2.58. The molecule has 0 saturated carbocycles. The third-order valence-electron chi connectivity index (χ3n) is 4.42. The van der Waals surface area contributed by atoms with Crippen LogP contribution in [-0.2, 0) is 16.0 Å². The first-order valence-electron chi connectivity index (χ1n) is 8.88. The summed E-state index contributed by atoms with van der Waals surface area (Å²) in [4.78, 5) is 14.5. The summed E-state index contributed by atoms with van der Waals surface area (Å²) in [5, 5.41) is 3.03. The highest BCUT2D eigenvalue weighted by Gasteiger charge is 2.22. The van der Waals surface area contributed by atoms with Crippen molar-refractivity contribution < 1.29 is 13.9 Å². The van der Waals surface area contributed by atoms with Gasteiger partial charge in [0.05, 0.1) is 13.2 Å². The van der Waals surface area contributed by atoms with Crippen LogP contribution in [0, 0.1) is 11.7 Å². The molecule has 1 atom stereocenters. The normalized spacial score (nSPS) is 17.0. The van der Waals surface area contributed by atoms with E-state index in [-0.39, 0.29) is 11.7 Å². The van der Waals surface area contributed by atoms with Crippen LogP contribution < -0.4 is 5.32 Å². The first-order valence-corrected chi connectivity index (χ1v) is 8.88. The van der Waals surface area contributed by atoms with E-state index in [0.717, 1.165) is 32.7 Å². The van der Waals surface area contributed by atoms with E-state index in [1.165, 1.54) is 6.07 Å². The topological polar surface area (TPSA) is 41.6 Å². The van der Waals surface area contributed by atoms with Crippen LogP contribution in [0.15, 0.2) is 24.3 Å². The number of aryl methyl sites for hydroxylation is 1. The van der Waals surface area contributed by atoms with Gasteiger partial charge in [0.1, 0.15) is 5.82 Å². The molecule has 0 aliphatic carbocycles. The van der Waals surface area contributed by atoms with Crippen molar-refractivity contribution in [3.63, 3.8) is 0 Å². The summed E-state index contributed by atoms with van der Waals surface area (Å²) in [6, 6.07) is 6.97. The minimum Gasteiger partial charge on any atom is -0.379 e. The van der Waals surface area contributed by atoms with Gasteiger partial charge in [0.15, 0.2) is 0 Å². The number of hydrogen-bond acceptors (Lipinski definition) is 3. The minimum absolute atomic E-state index is 0.0136. The number of benzene rings is 1. The Balaban J connectivity index is 1.79. The third kappa shape index (κ3) is 6.21. The van der Waals surface area contributed by atoms with Crippen LogP contribution in [0.3, 0.4) is 0 Å². The lowest BCUT2D eigenvalue weighted by atomic mass is 10.0. The zero-order valence-corrected chi connectivity index (χ0v) is 14.8. The number of carbonyl (C=O) groups excluding carboxylic acids is 1. The Morgan fingerprint density at radius 2 is 2.00 bits per heavy atom. The van der Waals surface area contributed by atoms with Crippen molar-refractivity contribution in [2.24, 2.45) is 5.92 Å². The second-order valence-corrected chi connectivity index (χ2v) is 6.83. The van der Waals surface area contributed by atoms with Gasteiger partial charge in [0.2, 0.25) is 5.91 Å². The second-order valence-electron chi connectivity index (χ2n) is 6.83. The maximum atomic E-state index is 13.6. The van der Waals surface area contributed by atoms with Crippen LogP contribution in [0.2, 0.25) is 0 Å². The molecule has 5 heteroatoms. The van der Waals surface area contributed by atoms with E-state index in [9.17, 15) is 9.18 Å². The quantitative estimate of drug-likeness (QED) is 0.793. The van der Waals surface area contributed by atoms with Gasteiger partial charge in [-0.1, -0.05) is 32.0 Å². The van der Waals surface area contributed by atoms with Crippen LogP contribution in [-0.4, -0.2) is 49.7 Å². The molecule has 1 N–H and O–H groups in total. The lowest BCUT2D eigenvalue weighted by Crippen LogP contribution is -2.49. The summed E-state index contributed by atoms with van der Waals surface area (Å²) >= 11 is 0. The molecule has 1 fully saturated rings. The highest BCUT2D eigenvalue weighted by molar-refractivity contribution is 5.76. The molecule has 0 aromatic heterocycles. The molecule has 0 spiro atoms. The number of nitrogens with zero attached hydrogens (tertiary/aromatic N) is 1. The summed E-state index contributed by atoms with van der Waals surface area (Å²) in [5.41, 5.74) is 0.597. The van der Waals surface area contributed by atoms with E-state index in [1.807, 2.05) is 0 Å². The zero-order chi connectivity index (χ0) is 17.4. The largest absolute Gasteiger partial charge is 0.379 e. The smallest absolute Gasteiger partial charge is 0.220 e. The number of morpholine rings is 1. The van der Waals surface area contributed by atoms with E-state index in [0.29, 0.717) is 36.9 Å². The Labute approximate surface area is 144 Å². The number of amides is 1.